The summed E-state index contributed by atoms with van der Waals surface area (Å²) in [7, 11) is -3.55. The van der Waals surface area contributed by atoms with Crippen molar-refractivity contribution in [3.05, 3.63) is 39.9 Å². The van der Waals surface area contributed by atoms with Crippen LogP contribution in [-0.4, -0.2) is 13.4 Å². The van der Waals surface area contributed by atoms with E-state index in [1.54, 1.807) is 12.1 Å². The van der Waals surface area contributed by atoms with Crippen molar-refractivity contribution < 1.29 is 8.42 Å². The van der Waals surface area contributed by atoms with Gasteiger partial charge in [0.05, 0.1) is 10.6 Å². The van der Waals surface area contributed by atoms with Crippen LogP contribution in [0.5, 0.6) is 0 Å². The zero-order chi connectivity index (χ0) is 15.0. The molecule has 0 radical (unpaired) electrons. The number of sulfonamides is 1. The minimum Gasteiger partial charge on any atom is -0.255 e. The fraction of sp³-hybridized carbons (Fsp3) is 0.400. The number of nitrogens with zero attached hydrogens (tertiary/aromatic N) is 1. The number of rotatable bonds is 3. The predicted octanol–water partition coefficient (Wildman–Crippen LogP) is 3.44. The van der Waals surface area contributed by atoms with Crippen molar-refractivity contribution in [1.82, 2.24) is 4.98 Å². The van der Waals surface area contributed by atoms with Crippen molar-refractivity contribution in [3.8, 4) is 0 Å². The van der Waals surface area contributed by atoms with Crippen LogP contribution in [-0.2, 0) is 22.9 Å². The molecular weight excluding hydrogens is 304 g/mol. The number of hydrogen-bond donors (Lipinski definition) is 1. The molecule has 0 spiro atoms. The molecule has 0 saturated carbocycles. The zero-order valence-electron chi connectivity index (χ0n) is 12.1. The minimum absolute atomic E-state index is 0.291. The summed E-state index contributed by atoms with van der Waals surface area (Å²) in [6, 6.07) is 5.17. The highest BCUT2D eigenvalue weighted by Gasteiger charge is 2.20. The maximum atomic E-state index is 12.4. The molecule has 0 saturated heterocycles. The fourth-order valence-corrected chi connectivity index (χ4v) is 4.82. The van der Waals surface area contributed by atoms with Crippen molar-refractivity contribution in [2.75, 3.05) is 4.72 Å². The third-order valence-electron chi connectivity index (χ3n) is 3.86. The van der Waals surface area contributed by atoms with Crippen molar-refractivity contribution >= 4 is 26.5 Å². The van der Waals surface area contributed by atoms with Gasteiger partial charge in [-0.1, -0.05) is 6.07 Å². The van der Waals surface area contributed by atoms with Crippen LogP contribution in [0.25, 0.3) is 0 Å². The van der Waals surface area contributed by atoms with Gasteiger partial charge in [0.2, 0.25) is 0 Å². The van der Waals surface area contributed by atoms with E-state index in [0.717, 1.165) is 36.1 Å². The zero-order valence-corrected chi connectivity index (χ0v) is 13.8. The number of thiazole rings is 1. The molecule has 0 atom stereocenters. The molecule has 1 aliphatic carbocycles. The second-order valence-corrected chi connectivity index (χ2v) is 8.21. The topological polar surface area (TPSA) is 59.1 Å². The Morgan fingerprint density at radius 3 is 2.62 bits per heavy atom. The average molecular weight is 322 g/mol. The van der Waals surface area contributed by atoms with Crippen LogP contribution in [0, 0.1) is 13.8 Å². The Hall–Kier alpha value is -1.40. The number of benzene rings is 1. The highest BCUT2D eigenvalue weighted by molar-refractivity contribution is 7.93. The van der Waals surface area contributed by atoms with Gasteiger partial charge < -0.3 is 0 Å². The van der Waals surface area contributed by atoms with Crippen LogP contribution in [0.15, 0.2) is 23.1 Å². The third kappa shape index (κ3) is 2.96. The van der Waals surface area contributed by atoms with Crippen LogP contribution >= 0.6 is 11.3 Å². The van der Waals surface area contributed by atoms with E-state index >= 15 is 0 Å². The first-order valence-electron chi connectivity index (χ1n) is 7.04. The van der Waals surface area contributed by atoms with Crippen molar-refractivity contribution in [3.63, 3.8) is 0 Å². The van der Waals surface area contributed by atoms with Gasteiger partial charge in [-0.15, -0.1) is 11.3 Å². The molecule has 112 valence electrons. The molecule has 1 N–H and O–H groups in total. The quantitative estimate of drug-likeness (QED) is 0.941. The van der Waals surface area contributed by atoms with Gasteiger partial charge in [-0.05, 0) is 62.8 Å². The first-order chi connectivity index (χ1) is 9.95. The fourth-order valence-electron chi connectivity index (χ4n) is 2.45. The second-order valence-electron chi connectivity index (χ2n) is 5.45. The minimum atomic E-state index is -3.55. The van der Waals surface area contributed by atoms with Gasteiger partial charge in [0, 0.05) is 4.88 Å². The number of fused-ring (bicyclic) bond motifs is 1. The van der Waals surface area contributed by atoms with Gasteiger partial charge in [-0.2, -0.15) is 0 Å². The van der Waals surface area contributed by atoms with Crippen molar-refractivity contribution in [2.45, 2.75) is 44.4 Å². The maximum Gasteiger partial charge on any atom is 0.263 e. The Labute approximate surface area is 129 Å². The summed E-state index contributed by atoms with van der Waals surface area (Å²) in [6.45, 7) is 3.88. The number of anilines is 1. The molecule has 1 heterocycles. The van der Waals surface area contributed by atoms with Gasteiger partial charge in [0.1, 0.15) is 0 Å². The van der Waals surface area contributed by atoms with E-state index in [2.05, 4.69) is 9.71 Å². The van der Waals surface area contributed by atoms with Gasteiger partial charge in [-0.25, -0.2) is 13.4 Å². The predicted molar refractivity (Wildman–Crippen MR) is 85.5 cm³/mol. The smallest absolute Gasteiger partial charge is 0.255 e. The molecule has 0 amide bonds. The molecule has 0 aliphatic heterocycles. The highest BCUT2D eigenvalue weighted by Crippen LogP contribution is 2.30. The summed E-state index contributed by atoms with van der Waals surface area (Å²) >= 11 is 1.46. The Balaban J connectivity index is 1.88. The van der Waals surface area contributed by atoms with Gasteiger partial charge in [0.25, 0.3) is 10.0 Å². The normalized spacial score (nSPS) is 14.8. The van der Waals surface area contributed by atoms with Crippen LogP contribution in [0.1, 0.15) is 34.5 Å². The summed E-state index contributed by atoms with van der Waals surface area (Å²) in [4.78, 5) is 5.94. The van der Waals surface area contributed by atoms with E-state index in [-0.39, 0.29) is 0 Å². The van der Waals surface area contributed by atoms with E-state index in [1.807, 2.05) is 19.9 Å². The summed E-state index contributed by atoms with van der Waals surface area (Å²) in [6.07, 6.45) is 4.27. The highest BCUT2D eigenvalue weighted by atomic mass is 32.2. The molecule has 0 bridgehead atoms. The molecule has 21 heavy (non-hydrogen) atoms. The Bertz CT molecular complexity index is 755. The van der Waals surface area contributed by atoms with E-state index < -0.39 is 10.0 Å². The Morgan fingerprint density at radius 2 is 1.90 bits per heavy atom. The first-order valence-corrected chi connectivity index (χ1v) is 9.34. The summed E-state index contributed by atoms with van der Waals surface area (Å²) in [5, 5.41) is 0.486. The Morgan fingerprint density at radius 1 is 1.14 bits per heavy atom. The van der Waals surface area contributed by atoms with Crippen molar-refractivity contribution in [1.29, 1.82) is 0 Å². The number of hydrogen-bond acceptors (Lipinski definition) is 4. The SMILES string of the molecule is Cc1ccc(S(=O)(=O)Nc2nc3c(s2)CCCC3)cc1C. The monoisotopic (exact) mass is 322 g/mol. The second kappa shape index (κ2) is 5.42. The molecule has 2 aromatic rings. The standard InChI is InChI=1S/C15H18N2O2S2/c1-10-7-8-12(9-11(10)2)21(18,19)17-15-16-13-5-3-4-6-14(13)20-15/h7-9H,3-6H2,1-2H3,(H,16,17). The van der Waals surface area contributed by atoms with E-state index in [0.29, 0.717) is 10.0 Å². The van der Waals surface area contributed by atoms with Crippen LogP contribution in [0.2, 0.25) is 0 Å². The molecule has 0 fully saturated rings. The van der Waals surface area contributed by atoms with Crippen LogP contribution in [0.4, 0.5) is 5.13 Å². The third-order valence-corrected chi connectivity index (χ3v) is 6.39. The number of aromatic nitrogens is 1. The summed E-state index contributed by atoms with van der Waals surface area (Å²) in [5.74, 6) is 0. The lowest BCUT2D eigenvalue weighted by Gasteiger charge is -2.07. The largest absolute Gasteiger partial charge is 0.263 e. The van der Waals surface area contributed by atoms with Crippen LogP contribution < -0.4 is 4.72 Å². The first kappa shape index (κ1) is 14.5. The summed E-state index contributed by atoms with van der Waals surface area (Å²) < 4.78 is 27.5. The maximum absolute atomic E-state index is 12.4. The Kier molecular flexibility index (Phi) is 3.75. The molecule has 1 aromatic heterocycles. The van der Waals surface area contributed by atoms with E-state index in [9.17, 15) is 8.42 Å². The molecule has 1 aromatic carbocycles. The van der Waals surface area contributed by atoms with Gasteiger partial charge >= 0.3 is 0 Å². The number of nitrogens with one attached hydrogen (secondary N) is 1. The van der Waals surface area contributed by atoms with Gasteiger partial charge in [0.15, 0.2) is 5.13 Å². The van der Waals surface area contributed by atoms with E-state index in [4.69, 9.17) is 0 Å². The lowest BCUT2D eigenvalue weighted by atomic mass is 10.0. The molecule has 0 unspecified atom stereocenters. The molecule has 6 heteroatoms. The molecule has 4 nitrogen and oxygen atoms in total. The molecular formula is C15H18N2O2S2. The lowest BCUT2D eigenvalue weighted by Crippen LogP contribution is -2.13. The average Bonchev–Trinajstić information content (AvgIpc) is 2.82. The van der Waals surface area contributed by atoms with Crippen molar-refractivity contribution in [2.24, 2.45) is 0 Å². The van der Waals surface area contributed by atoms with Crippen LogP contribution in [0.3, 0.4) is 0 Å². The lowest BCUT2D eigenvalue weighted by molar-refractivity contribution is 0.601. The molecule has 3 rings (SSSR count). The molecule has 1 aliphatic rings. The summed E-state index contributed by atoms with van der Waals surface area (Å²) in [5.41, 5.74) is 3.11. The van der Waals surface area contributed by atoms with Gasteiger partial charge in [-0.3, -0.25) is 4.72 Å². The number of aryl methyl sites for hydroxylation is 4. The van der Waals surface area contributed by atoms with E-state index in [1.165, 1.54) is 22.6 Å².